The normalized spacial score (nSPS) is 15.6. The van der Waals surface area contributed by atoms with Crippen molar-refractivity contribution in [2.75, 3.05) is 26.3 Å². The highest BCUT2D eigenvalue weighted by atomic mass is 16.5. The molecule has 6 nitrogen and oxygen atoms in total. The highest BCUT2D eigenvalue weighted by Crippen LogP contribution is 2.36. The minimum absolute atomic E-state index is 0.0127. The van der Waals surface area contributed by atoms with Crippen LogP contribution in [0.2, 0.25) is 0 Å². The van der Waals surface area contributed by atoms with E-state index in [0.717, 1.165) is 75.8 Å². The summed E-state index contributed by atoms with van der Waals surface area (Å²) < 4.78 is 5.73. The Kier molecular flexibility index (Phi) is 9.70. The predicted octanol–water partition coefficient (Wildman–Crippen LogP) is 4.90. The van der Waals surface area contributed by atoms with Crippen molar-refractivity contribution >= 4 is 0 Å². The van der Waals surface area contributed by atoms with Crippen LogP contribution in [0.3, 0.4) is 0 Å². The van der Waals surface area contributed by atoms with Gasteiger partial charge < -0.3 is 30.1 Å². The second kappa shape index (κ2) is 12.7. The van der Waals surface area contributed by atoms with Gasteiger partial charge in [-0.25, -0.2) is 0 Å². The number of phenols is 4. The molecule has 0 spiro atoms. The molecule has 0 heterocycles. The molecule has 0 aromatic heterocycles. The van der Waals surface area contributed by atoms with Crippen molar-refractivity contribution in [3.8, 4) is 23.0 Å². The maximum Gasteiger partial charge on any atom is 0.160 e. The molecule has 0 saturated carbocycles. The van der Waals surface area contributed by atoms with E-state index in [9.17, 15) is 20.4 Å². The van der Waals surface area contributed by atoms with Crippen molar-refractivity contribution in [3.05, 3.63) is 47.0 Å². The van der Waals surface area contributed by atoms with Gasteiger partial charge in [0, 0.05) is 18.2 Å². The van der Waals surface area contributed by atoms with E-state index in [1.807, 2.05) is 6.07 Å². The van der Waals surface area contributed by atoms with Gasteiger partial charge in [-0.15, -0.1) is 0 Å². The Morgan fingerprint density at radius 3 is 2.45 bits per heavy atom. The average Bonchev–Trinajstić information content (AvgIpc) is 2.81. The van der Waals surface area contributed by atoms with Crippen molar-refractivity contribution in [3.63, 3.8) is 0 Å². The highest BCUT2D eigenvalue weighted by Gasteiger charge is 2.26. The maximum atomic E-state index is 10.1. The van der Waals surface area contributed by atoms with Crippen molar-refractivity contribution in [2.24, 2.45) is 0 Å². The lowest BCUT2D eigenvalue weighted by atomic mass is 9.86. The minimum Gasteiger partial charge on any atom is -0.504 e. The molecule has 3 rings (SSSR count). The number of rotatable bonds is 13. The van der Waals surface area contributed by atoms with E-state index in [-0.39, 0.29) is 23.0 Å². The molecule has 2 aromatic rings. The van der Waals surface area contributed by atoms with E-state index in [0.29, 0.717) is 12.6 Å². The summed E-state index contributed by atoms with van der Waals surface area (Å²) in [6.07, 6.45) is 9.21. The Morgan fingerprint density at radius 2 is 1.67 bits per heavy atom. The molecule has 1 unspecified atom stereocenters. The second-order valence-electron chi connectivity index (χ2n) is 9.10. The molecule has 0 aliphatic heterocycles. The Morgan fingerprint density at radius 1 is 0.879 bits per heavy atom. The molecular formula is C27H39NO5. The van der Waals surface area contributed by atoms with E-state index >= 15 is 0 Å². The third-order valence-corrected chi connectivity index (χ3v) is 6.63. The number of phenolic OH excluding ortho intramolecular Hbond substituents is 4. The lowest BCUT2D eigenvalue weighted by Gasteiger charge is -2.35. The molecule has 1 aliphatic rings. The number of benzene rings is 2. The SMILES string of the molecule is CCCN(CCCCCCOCCc1ccc(O)c(O)c1)C1CCc2c(ccc(O)c2O)C1. The summed E-state index contributed by atoms with van der Waals surface area (Å²) in [6.45, 7) is 5.79. The smallest absolute Gasteiger partial charge is 0.160 e. The van der Waals surface area contributed by atoms with Crippen molar-refractivity contribution < 1.29 is 25.2 Å². The fraction of sp³-hybridized carbons (Fsp3) is 0.556. The number of fused-ring (bicyclic) bond motifs is 1. The highest BCUT2D eigenvalue weighted by molar-refractivity contribution is 5.50. The van der Waals surface area contributed by atoms with E-state index in [4.69, 9.17) is 4.74 Å². The quantitative estimate of drug-likeness (QED) is 0.253. The number of nitrogens with zero attached hydrogens (tertiary/aromatic N) is 1. The van der Waals surface area contributed by atoms with Crippen LogP contribution in [0.15, 0.2) is 30.3 Å². The van der Waals surface area contributed by atoms with Crippen LogP contribution in [0, 0.1) is 0 Å². The summed E-state index contributed by atoms with van der Waals surface area (Å²) in [7, 11) is 0. The topological polar surface area (TPSA) is 93.4 Å². The summed E-state index contributed by atoms with van der Waals surface area (Å²) in [5.74, 6) is -0.123. The Labute approximate surface area is 197 Å². The zero-order chi connectivity index (χ0) is 23.6. The third-order valence-electron chi connectivity index (χ3n) is 6.63. The van der Waals surface area contributed by atoms with Gasteiger partial charge in [-0.3, -0.25) is 0 Å². The van der Waals surface area contributed by atoms with E-state index < -0.39 is 0 Å². The maximum absolute atomic E-state index is 10.1. The average molecular weight is 458 g/mol. The summed E-state index contributed by atoms with van der Waals surface area (Å²) >= 11 is 0. The minimum atomic E-state index is -0.0925. The van der Waals surface area contributed by atoms with Gasteiger partial charge in [0.1, 0.15) is 0 Å². The van der Waals surface area contributed by atoms with Crippen LogP contribution >= 0.6 is 0 Å². The van der Waals surface area contributed by atoms with E-state index in [1.165, 1.54) is 24.5 Å². The summed E-state index contributed by atoms with van der Waals surface area (Å²) in [5, 5.41) is 38.8. The molecule has 182 valence electrons. The molecule has 0 radical (unpaired) electrons. The van der Waals surface area contributed by atoms with Crippen molar-refractivity contribution in [1.29, 1.82) is 0 Å². The van der Waals surface area contributed by atoms with E-state index in [1.54, 1.807) is 18.2 Å². The molecule has 4 N–H and O–H groups in total. The van der Waals surface area contributed by atoms with E-state index in [2.05, 4.69) is 11.8 Å². The molecule has 0 bridgehead atoms. The number of hydrogen-bond acceptors (Lipinski definition) is 6. The first-order valence-electron chi connectivity index (χ1n) is 12.3. The largest absolute Gasteiger partial charge is 0.504 e. The first kappa shape index (κ1) is 25.2. The van der Waals surface area contributed by atoms with Gasteiger partial charge in [-0.05, 0) is 87.4 Å². The zero-order valence-electron chi connectivity index (χ0n) is 19.8. The summed E-state index contributed by atoms with van der Waals surface area (Å²) in [6, 6.07) is 8.97. The molecule has 2 aromatic carbocycles. The molecule has 1 aliphatic carbocycles. The van der Waals surface area contributed by atoms with Crippen molar-refractivity contribution in [1.82, 2.24) is 4.90 Å². The number of hydrogen-bond donors (Lipinski definition) is 4. The van der Waals surface area contributed by atoms with Crippen LogP contribution < -0.4 is 0 Å². The molecule has 0 amide bonds. The van der Waals surface area contributed by atoms with Gasteiger partial charge in [0.2, 0.25) is 0 Å². The van der Waals surface area contributed by atoms with Gasteiger partial charge in [-0.2, -0.15) is 0 Å². The standard InChI is InChI=1S/C27H39NO5/c1-2-14-28(22-9-10-23-21(19-22)8-12-25(30)27(23)32)15-5-3-4-6-16-33-17-13-20-7-11-24(29)26(31)18-20/h7-8,11-12,18,22,29-32H,2-6,9-10,13-17,19H2,1H3. The Hall–Kier alpha value is -2.44. The number of ether oxygens (including phenoxy) is 1. The van der Waals surface area contributed by atoms with Gasteiger partial charge in [-0.1, -0.05) is 31.9 Å². The molecule has 1 atom stereocenters. The van der Waals surface area contributed by atoms with Crippen LogP contribution in [-0.2, 0) is 24.0 Å². The Bertz CT molecular complexity index is 885. The molecule has 0 saturated heterocycles. The van der Waals surface area contributed by atoms with Crippen LogP contribution in [-0.4, -0.2) is 57.7 Å². The monoisotopic (exact) mass is 457 g/mol. The molecule has 0 fully saturated rings. The van der Waals surface area contributed by atoms with Crippen LogP contribution in [0.4, 0.5) is 0 Å². The second-order valence-corrected chi connectivity index (χ2v) is 9.10. The molecule has 33 heavy (non-hydrogen) atoms. The third kappa shape index (κ3) is 7.27. The fourth-order valence-electron chi connectivity index (χ4n) is 4.77. The lowest BCUT2D eigenvalue weighted by Crippen LogP contribution is -2.40. The molecule has 6 heteroatoms. The Balaban J connectivity index is 1.30. The van der Waals surface area contributed by atoms with Gasteiger partial charge in [0.15, 0.2) is 23.0 Å². The van der Waals surface area contributed by atoms with Crippen LogP contribution in [0.5, 0.6) is 23.0 Å². The number of unbranched alkanes of at least 4 members (excludes halogenated alkanes) is 3. The summed E-state index contributed by atoms with van der Waals surface area (Å²) in [5.41, 5.74) is 3.05. The van der Waals surface area contributed by atoms with Gasteiger partial charge >= 0.3 is 0 Å². The van der Waals surface area contributed by atoms with Crippen LogP contribution in [0.1, 0.15) is 62.1 Å². The van der Waals surface area contributed by atoms with Gasteiger partial charge in [0.05, 0.1) is 6.61 Å². The molecular weight excluding hydrogens is 418 g/mol. The fourth-order valence-corrected chi connectivity index (χ4v) is 4.77. The predicted molar refractivity (Wildman–Crippen MR) is 130 cm³/mol. The first-order chi connectivity index (χ1) is 16.0. The van der Waals surface area contributed by atoms with Crippen molar-refractivity contribution in [2.45, 2.75) is 70.8 Å². The zero-order valence-corrected chi connectivity index (χ0v) is 19.8. The van der Waals surface area contributed by atoms with Gasteiger partial charge in [0.25, 0.3) is 0 Å². The van der Waals surface area contributed by atoms with Crippen LogP contribution in [0.25, 0.3) is 0 Å². The lowest BCUT2D eigenvalue weighted by molar-refractivity contribution is 0.131. The summed E-state index contributed by atoms with van der Waals surface area (Å²) in [4.78, 5) is 2.61. The first-order valence-corrected chi connectivity index (χ1v) is 12.3. The number of aromatic hydroxyl groups is 4.